The fourth-order valence-corrected chi connectivity index (χ4v) is 5.27. The number of amides is 2. The first-order valence-electron chi connectivity index (χ1n) is 20.8. The molecule has 0 spiro atoms. The van der Waals surface area contributed by atoms with Crippen LogP contribution < -0.4 is 10.6 Å². The minimum atomic E-state index is -0.135. The smallest absolute Gasteiger partial charge is 0.373 e. The van der Waals surface area contributed by atoms with E-state index >= 15 is 0 Å². The molecule has 61 heavy (non-hydrogen) atoms. The first kappa shape index (κ1) is 63.2. The maximum Gasteiger partial charge on any atom is 0.373 e. The number of rotatable bonds is 46. The molecule has 0 rings (SSSR count). The molecule has 0 aromatic rings. The number of Topliss-reactive ketones (excluding diaryl/α,β-unsaturated/α-hetero) is 1. The summed E-state index contributed by atoms with van der Waals surface area (Å²) in [5.41, 5.74) is 0. The van der Waals surface area contributed by atoms with Gasteiger partial charge in [-0.3, -0.25) is 14.4 Å². The van der Waals surface area contributed by atoms with Crippen LogP contribution in [-0.2, 0) is 80.8 Å². The van der Waals surface area contributed by atoms with E-state index in [0.717, 1.165) is 0 Å². The molecule has 19 nitrogen and oxygen atoms in total. The van der Waals surface area contributed by atoms with E-state index in [0.29, 0.717) is 183 Å². The van der Waals surface area contributed by atoms with Gasteiger partial charge in [-0.25, -0.2) is 0 Å². The predicted octanol–water partition coefficient (Wildman–Crippen LogP) is 2.01. The highest BCUT2D eigenvalue weighted by molar-refractivity contribution is 8.01. The molecule has 0 saturated carbocycles. The van der Waals surface area contributed by atoms with E-state index in [1.54, 1.807) is 11.8 Å². The first-order chi connectivity index (χ1) is 29.1. The standard InChI is InChI=1S/C39H76N2O15S.CO2.CH4/c1-34(2)37(42)7-10-45-12-14-47-16-18-49-20-22-51-24-26-53-28-30-55-32-33-56-31-29-54-27-25-52-23-21-50-19-17-48-15-13-46-11-9-40-38(43)6-8-41-39(44)36(5)57-35(3)4;2-1-3;/h34-36H,6-33H2,1-5H3,(H,40,43)(H,41,44);;1H4. The van der Waals surface area contributed by atoms with Gasteiger partial charge in [0.15, 0.2) is 0 Å². The number of thioether (sulfide) groups is 1. The number of ketones is 1. The van der Waals surface area contributed by atoms with Gasteiger partial charge in [0, 0.05) is 31.8 Å². The SMILES string of the molecule is C.CC(C)SC(C)C(=O)NCCC(=O)NCCOCCOCCOCCOCCOCCOCCOCCOCCOCCOCCOCCOCCC(=O)C(C)C.O=C=O. The van der Waals surface area contributed by atoms with Gasteiger partial charge in [-0.05, 0) is 12.2 Å². The molecule has 0 aliphatic heterocycles. The number of nitrogens with one attached hydrogen (secondary N) is 2. The summed E-state index contributed by atoms with van der Waals surface area (Å²) in [5, 5.41) is 5.80. The van der Waals surface area contributed by atoms with Crippen molar-refractivity contribution in [3.63, 3.8) is 0 Å². The molecule has 0 aliphatic carbocycles. The van der Waals surface area contributed by atoms with Gasteiger partial charge in [0.1, 0.15) is 5.78 Å². The molecule has 2 N–H and O–H groups in total. The number of carbonyl (C=O) groups excluding carboxylic acids is 5. The number of carbonyl (C=O) groups is 3. The van der Waals surface area contributed by atoms with E-state index in [1.807, 2.05) is 34.6 Å². The largest absolute Gasteiger partial charge is 0.379 e. The topological polar surface area (TPSA) is 220 Å². The van der Waals surface area contributed by atoms with Crippen molar-refractivity contribution in [2.75, 3.05) is 172 Å². The Morgan fingerprint density at radius 2 is 0.705 bits per heavy atom. The van der Waals surface area contributed by atoms with E-state index < -0.39 is 0 Å². The van der Waals surface area contributed by atoms with E-state index in [2.05, 4.69) is 10.6 Å². The summed E-state index contributed by atoms with van der Waals surface area (Å²) in [6.45, 7) is 21.7. The molecule has 2 amide bonds. The van der Waals surface area contributed by atoms with Crippen LogP contribution in [0.4, 0.5) is 0 Å². The Kier molecular flexibility index (Phi) is 54.0. The van der Waals surface area contributed by atoms with Gasteiger partial charge in [-0.15, -0.1) is 11.8 Å². The Balaban J connectivity index is -0.00000814. The Bertz CT molecular complexity index is 994. The zero-order valence-corrected chi connectivity index (χ0v) is 37.7. The third-order valence-corrected chi connectivity index (χ3v) is 8.46. The molecule has 0 fully saturated rings. The van der Waals surface area contributed by atoms with Crippen LogP contribution in [0, 0.1) is 5.92 Å². The molecule has 0 aromatic heterocycles. The van der Waals surface area contributed by atoms with Crippen LogP contribution in [0.5, 0.6) is 0 Å². The van der Waals surface area contributed by atoms with Gasteiger partial charge in [-0.1, -0.05) is 35.1 Å². The molecule has 0 aliphatic rings. The second-order valence-corrected chi connectivity index (χ2v) is 14.9. The Labute approximate surface area is 369 Å². The van der Waals surface area contributed by atoms with Crippen LogP contribution in [0.1, 0.15) is 54.9 Å². The van der Waals surface area contributed by atoms with Crippen LogP contribution in [0.2, 0.25) is 0 Å². The summed E-state index contributed by atoms with van der Waals surface area (Å²) < 4.78 is 65.6. The summed E-state index contributed by atoms with van der Waals surface area (Å²) in [6, 6.07) is 0. The van der Waals surface area contributed by atoms with Crippen molar-refractivity contribution in [3.05, 3.63) is 0 Å². The average Bonchev–Trinajstić information content (AvgIpc) is 3.21. The van der Waals surface area contributed by atoms with Crippen LogP contribution in [0.25, 0.3) is 0 Å². The molecule has 0 radical (unpaired) electrons. The Morgan fingerprint density at radius 3 is 0.984 bits per heavy atom. The number of ether oxygens (including phenoxy) is 12. The lowest BCUT2D eigenvalue weighted by molar-refractivity contribution is -0.191. The maximum absolute atomic E-state index is 12.0. The number of hydrogen-bond acceptors (Lipinski definition) is 18. The Hall–Kier alpha value is -2.14. The van der Waals surface area contributed by atoms with Crippen molar-refractivity contribution < 1.29 is 80.8 Å². The van der Waals surface area contributed by atoms with Crippen molar-refractivity contribution in [3.8, 4) is 0 Å². The van der Waals surface area contributed by atoms with Gasteiger partial charge in [0.2, 0.25) is 11.8 Å². The predicted molar refractivity (Wildman–Crippen MR) is 229 cm³/mol. The van der Waals surface area contributed by atoms with E-state index in [1.165, 1.54) is 0 Å². The molecule has 0 heterocycles. The fourth-order valence-electron chi connectivity index (χ4n) is 4.25. The normalized spacial score (nSPS) is 11.5. The fraction of sp³-hybridized carbons (Fsp3) is 0.902. The molecule has 0 bridgehead atoms. The van der Waals surface area contributed by atoms with Crippen LogP contribution >= 0.6 is 11.8 Å². The van der Waals surface area contributed by atoms with Crippen molar-refractivity contribution in [2.24, 2.45) is 5.92 Å². The van der Waals surface area contributed by atoms with Crippen molar-refractivity contribution in [1.82, 2.24) is 10.6 Å². The third kappa shape index (κ3) is 53.9. The summed E-state index contributed by atoms with van der Waals surface area (Å²) >= 11 is 1.59. The second kappa shape index (κ2) is 52.2. The van der Waals surface area contributed by atoms with Crippen molar-refractivity contribution in [2.45, 2.75) is 65.4 Å². The van der Waals surface area contributed by atoms with Crippen molar-refractivity contribution in [1.29, 1.82) is 0 Å². The maximum atomic E-state index is 12.0. The first-order valence-corrected chi connectivity index (χ1v) is 21.7. The summed E-state index contributed by atoms with van der Waals surface area (Å²) in [4.78, 5) is 51.6. The minimum Gasteiger partial charge on any atom is -0.379 e. The quantitative estimate of drug-likeness (QED) is 0.0835. The lowest BCUT2D eigenvalue weighted by Crippen LogP contribution is -2.35. The van der Waals surface area contributed by atoms with Crippen LogP contribution in [0.15, 0.2) is 0 Å². The zero-order valence-electron chi connectivity index (χ0n) is 36.9. The van der Waals surface area contributed by atoms with E-state index in [9.17, 15) is 14.4 Å². The van der Waals surface area contributed by atoms with Gasteiger partial charge < -0.3 is 67.5 Å². The monoisotopic (exact) mass is 905 g/mol. The van der Waals surface area contributed by atoms with Gasteiger partial charge >= 0.3 is 6.15 Å². The second-order valence-electron chi connectivity index (χ2n) is 13.0. The highest BCUT2D eigenvalue weighted by Crippen LogP contribution is 2.16. The third-order valence-electron chi connectivity index (χ3n) is 7.29. The number of hydrogen-bond donors (Lipinski definition) is 2. The molecule has 362 valence electrons. The van der Waals surface area contributed by atoms with Gasteiger partial charge in [-0.2, -0.15) is 9.59 Å². The summed E-state index contributed by atoms with van der Waals surface area (Å²) in [7, 11) is 0. The van der Waals surface area contributed by atoms with E-state index in [-0.39, 0.29) is 48.8 Å². The van der Waals surface area contributed by atoms with Gasteiger partial charge in [0.25, 0.3) is 0 Å². The highest BCUT2D eigenvalue weighted by atomic mass is 32.2. The summed E-state index contributed by atoms with van der Waals surface area (Å²) in [6.07, 6.45) is 0.933. The lowest BCUT2D eigenvalue weighted by Gasteiger charge is -2.13. The van der Waals surface area contributed by atoms with Gasteiger partial charge in [0.05, 0.1) is 164 Å². The summed E-state index contributed by atoms with van der Waals surface area (Å²) in [5.74, 6) is 0.0929. The molecule has 1 atom stereocenters. The molecule has 0 aromatic carbocycles. The zero-order chi connectivity index (χ0) is 44.6. The molecule has 20 heteroatoms. The van der Waals surface area contributed by atoms with Crippen LogP contribution in [-0.4, -0.2) is 206 Å². The molecule has 0 saturated heterocycles. The highest BCUT2D eigenvalue weighted by Gasteiger charge is 2.14. The lowest BCUT2D eigenvalue weighted by atomic mass is 10.1. The van der Waals surface area contributed by atoms with E-state index in [4.69, 9.17) is 66.4 Å². The molecular formula is C41H80N2O17S. The Morgan fingerprint density at radius 1 is 0.426 bits per heavy atom. The minimum absolute atomic E-state index is 0. The average molecular weight is 905 g/mol. The molecular weight excluding hydrogens is 825 g/mol. The van der Waals surface area contributed by atoms with Crippen LogP contribution in [0.3, 0.4) is 0 Å². The molecule has 1 unspecified atom stereocenters. The van der Waals surface area contributed by atoms with Crippen molar-refractivity contribution >= 4 is 35.5 Å².